The van der Waals surface area contributed by atoms with Crippen molar-refractivity contribution in [1.82, 2.24) is 0 Å². The summed E-state index contributed by atoms with van der Waals surface area (Å²) in [5, 5.41) is 0. The van der Waals surface area contributed by atoms with Gasteiger partial charge in [0.1, 0.15) is 9.57 Å². The van der Waals surface area contributed by atoms with Crippen LogP contribution in [0.3, 0.4) is 0 Å². The van der Waals surface area contributed by atoms with Gasteiger partial charge in [0, 0.05) is 12.0 Å². The molecule has 0 spiro atoms. The molecule has 0 aliphatic rings. The molecule has 1 aromatic heterocycles. The molecule has 0 fully saturated rings. The fourth-order valence-corrected chi connectivity index (χ4v) is 5.93. The van der Waals surface area contributed by atoms with E-state index >= 15 is 0 Å². The third-order valence-corrected chi connectivity index (χ3v) is 7.72. The largest absolute Gasteiger partial charge is 1.00 e. The fourth-order valence-electron chi connectivity index (χ4n) is 2.48. The van der Waals surface area contributed by atoms with Gasteiger partial charge in [0.2, 0.25) is 0 Å². The van der Waals surface area contributed by atoms with E-state index in [0.717, 1.165) is 19.8 Å². The van der Waals surface area contributed by atoms with Crippen LogP contribution in [0.5, 0.6) is 5.75 Å². The molecule has 0 aliphatic heterocycles. The number of hydrogen-bond acceptors (Lipinski definition) is 6. The predicted molar refractivity (Wildman–Crippen MR) is 104 cm³/mol. The summed E-state index contributed by atoms with van der Waals surface area (Å²) in [6.45, 7) is 0. The van der Waals surface area contributed by atoms with E-state index in [9.17, 15) is 13.0 Å². The number of methoxy groups -OCH3 is 1. The molecule has 0 atom stereocenters. The third kappa shape index (κ3) is 4.82. The van der Waals surface area contributed by atoms with Crippen LogP contribution in [0, 0.1) is 3.82 Å². The first kappa shape index (κ1) is 21.7. The summed E-state index contributed by atoms with van der Waals surface area (Å²) in [5.41, 5.74) is 2.69. The Labute approximate surface area is 186 Å². The quantitative estimate of drug-likeness (QED) is 0.289. The van der Waals surface area contributed by atoms with E-state index in [1.807, 2.05) is 30.3 Å². The van der Waals surface area contributed by atoms with Gasteiger partial charge in [-0.2, -0.15) is 8.42 Å². The SMILES string of the molecule is COc1ccc(S(=O)(=O)O)cc1Cc1c(-c2ccccc2)ssc1=S.[Na+]. The third-order valence-electron chi connectivity index (χ3n) is 3.67. The molecule has 0 saturated carbocycles. The van der Waals surface area contributed by atoms with Gasteiger partial charge in [-0.05, 0) is 29.3 Å². The summed E-state index contributed by atoms with van der Waals surface area (Å²) in [6, 6.07) is 14.2. The summed E-state index contributed by atoms with van der Waals surface area (Å²) >= 11 is 5.48. The maximum Gasteiger partial charge on any atom is 1.00 e. The zero-order chi connectivity index (χ0) is 18.0. The molecule has 0 unspecified atom stereocenters. The van der Waals surface area contributed by atoms with Crippen LogP contribution in [0.15, 0.2) is 53.4 Å². The van der Waals surface area contributed by atoms with E-state index in [0.29, 0.717) is 17.7 Å². The molecule has 3 rings (SSSR count). The van der Waals surface area contributed by atoms with Crippen LogP contribution >= 0.6 is 32.9 Å². The Morgan fingerprint density at radius 1 is 1.12 bits per heavy atom. The molecule has 0 saturated heterocycles. The molecule has 4 nitrogen and oxygen atoms in total. The van der Waals surface area contributed by atoms with Crippen molar-refractivity contribution in [2.75, 3.05) is 7.11 Å². The van der Waals surface area contributed by atoms with E-state index in [4.69, 9.17) is 17.0 Å². The molecular formula is C17H14NaO4S4+. The fraction of sp³-hybridized carbons (Fsp3) is 0.118. The van der Waals surface area contributed by atoms with Crippen LogP contribution in [0.1, 0.15) is 11.1 Å². The Kier molecular flexibility index (Phi) is 7.58. The maximum atomic E-state index is 11.4. The van der Waals surface area contributed by atoms with Crippen LogP contribution in [-0.4, -0.2) is 20.1 Å². The zero-order valence-corrected chi connectivity index (χ0v) is 19.4. The maximum absolute atomic E-state index is 11.4. The molecule has 26 heavy (non-hydrogen) atoms. The molecule has 1 heterocycles. The summed E-state index contributed by atoms with van der Waals surface area (Å²) in [4.78, 5) is 0.907. The summed E-state index contributed by atoms with van der Waals surface area (Å²) < 4.78 is 38.3. The number of benzene rings is 2. The zero-order valence-electron chi connectivity index (χ0n) is 14.1. The van der Waals surface area contributed by atoms with E-state index < -0.39 is 10.1 Å². The minimum Gasteiger partial charge on any atom is -0.496 e. The molecule has 0 radical (unpaired) electrons. The van der Waals surface area contributed by atoms with Crippen molar-refractivity contribution in [1.29, 1.82) is 0 Å². The molecule has 1 N–H and O–H groups in total. The molecule has 2 aromatic carbocycles. The molecule has 0 aliphatic carbocycles. The van der Waals surface area contributed by atoms with Gasteiger partial charge in [-0.15, -0.1) is 0 Å². The minimum atomic E-state index is -4.28. The number of rotatable bonds is 5. The van der Waals surface area contributed by atoms with Gasteiger partial charge in [0.25, 0.3) is 10.1 Å². The van der Waals surface area contributed by atoms with E-state index in [1.165, 1.54) is 29.6 Å². The average molecular weight is 434 g/mol. The van der Waals surface area contributed by atoms with E-state index in [-0.39, 0.29) is 34.5 Å². The predicted octanol–water partition coefficient (Wildman–Crippen LogP) is 2.06. The second-order valence-corrected chi connectivity index (χ2v) is 9.49. The average Bonchev–Trinajstić information content (AvgIpc) is 2.95. The first-order chi connectivity index (χ1) is 11.9. The molecule has 9 heteroatoms. The van der Waals surface area contributed by atoms with Crippen LogP contribution in [0.4, 0.5) is 0 Å². The first-order valence-corrected chi connectivity index (χ1v) is 11.2. The van der Waals surface area contributed by atoms with Crippen molar-refractivity contribution in [2.45, 2.75) is 11.3 Å². The standard InChI is InChI=1S/C17H14O4S4.Na/c1-21-15-8-7-13(25(18,19)20)9-12(15)10-14-16(23-24-17(14)22)11-5-3-2-4-6-11;/h2-9H,10H2,1H3,(H,18,19,20);/q;+1. The van der Waals surface area contributed by atoms with Gasteiger partial charge in [-0.1, -0.05) is 63.2 Å². The van der Waals surface area contributed by atoms with Gasteiger partial charge >= 0.3 is 29.6 Å². The Hall–Kier alpha value is -0.580. The van der Waals surface area contributed by atoms with Crippen molar-refractivity contribution < 1.29 is 47.3 Å². The minimum absolute atomic E-state index is 0. The smallest absolute Gasteiger partial charge is 0.496 e. The number of ether oxygens (including phenoxy) is 1. The van der Waals surface area contributed by atoms with Crippen LogP contribution in [0.25, 0.3) is 10.4 Å². The summed E-state index contributed by atoms with van der Waals surface area (Å²) in [5.74, 6) is 0.553. The first-order valence-electron chi connectivity index (χ1n) is 7.22. The Morgan fingerprint density at radius 3 is 2.42 bits per heavy atom. The van der Waals surface area contributed by atoms with Crippen molar-refractivity contribution >= 4 is 43.0 Å². The Morgan fingerprint density at radius 2 is 1.81 bits per heavy atom. The van der Waals surface area contributed by atoms with Gasteiger partial charge in [-0.3, -0.25) is 4.55 Å². The topological polar surface area (TPSA) is 63.6 Å². The van der Waals surface area contributed by atoms with Gasteiger partial charge in [-0.25, -0.2) is 0 Å². The second-order valence-electron chi connectivity index (χ2n) is 5.25. The Balaban J connectivity index is 0.00000243. The normalized spacial score (nSPS) is 11.0. The second kappa shape index (κ2) is 9.07. The van der Waals surface area contributed by atoms with Gasteiger partial charge < -0.3 is 4.74 Å². The van der Waals surface area contributed by atoms with E-state index in [2.05, 4.69) is 0 Å². The molecule has 0 amide bonds. The van der Waals surface area contributed by atoms with Crippen molar-refractivity contribution in [3.63, 3.8) is 0 Å². The van der Waals surface area contributed by atoms with Crippen LogP contribution in [0.2, 0.25) is 0 Å². The van der Waals surface area contributed by atoms with Crippen molar-refractivity contribution in [3.8, 4) is 16.2 Å². The van der Waals surface area contributed by atoms with Gasteiger partial charge in [0.15, 0.2) is 0 Å². The summed E-state index contributed by atoms with van der Waals surface area (Å²) in [6.07, 6.45) is 0.426. The monoisotopic (exact) mass is 433 g/mol. The van der Waals surface area contributed by atoms with E-state index in [1.54, 1.807) is 16.4 Å². The van der Waals surface area contributed by atoms with Crippen molar-refractivity contribution in [3.05, 3.63) is 63.5 Å². The molecule has 130 valence electrons. The molecule has 0 bridgehead atoms. The van der Waals surface area contributed by atoms with Crippen LogP contribution in [-0.2, 0) is 16.5 Å². The van der Waals surface area contributed by atoms with Crippen molar-refractivity contribution in [2.24, 2.45) is 0 Å². The number of hydrogen-bond donors (Lipinski definition) is 1. The molecule has 3 aromatic rings. The summed E-state index contributed by atoms with van der Waals surface area (Å²) in [7, 11) is 0.362. The van der Waals surface area contributed by atoms with Gasteiger partial charge in [0.05, 0.1) is 16.9 Å². The molecular weight excluding hydrogens is 419 g/mol. The Bertz CT molecular complexity index is 1060. The van der Waals surface area contributed by atoms with Crippen LogP contribution < -0.4 is 34.3 Å².